The van der Waals surface area contributed by atoms with Crippen molar-refractivity contribution in [3.63, 3.8) is 0 Å². The molecule has 5 aromatic carbocycles. The summed E-state index contributed by atoms with van der Waals surface area (Å²) in [5.74, 6) is 0. The van der Waals surface area contributed by atoms with Gasteiger partial charge in [-0.3, -0.25) is 0 Å². The lowest BCUT2D eigenvalue weighted by molar-refractivity contribution is 0.397. The molecule has 68 heavy (non-hydrogen) atoms. The molecule has 2 aliphatic carbocycles. The van der Waals surface area contributed by atoms with Gasteiger partial charge in [0.2, 0.25) is 0 Å². The summed E-state index contributed by atoms with van der Waals surface area (Å²) in [5.41, 5.74) is 20.3. The van der Waals surface area contributed by atoms with Crippen molar-refractivity contribution in [2.45, 2.75) is 239 Å². The van der Waals surface area contributed by atoms with Gasteiger partial charge in [-0.15, -0.1) is 0 Å². The zero-order chi connectivity index (χ0) is 47.8. The van der Waals surface area contributed by atoms with Gasteiger partial charge in [-0.25, -0.2) is 0 Å². The lowest BCUT2D eigenvalue weighted by Crippen LogP contribution is -2.26. The van der Waals surface area contributed by atoms with E-state index in [0.29, 0.717) is 0 Å². The first-order valence-electron chi connectivity index (χ1n) is 28.7. The second kappa shape index (κ2) is 25.7. The molecule has 0 atom stereocenters. The molecule has 0 N–H and O–H groups in total. The third-order valence-corrected chi connectivity index (χ3v) is 16.6. The van der Waals surface area contributed by atoms with Crippen molar-refractivity contribution in [3.8, 4) is 22.3 Å². The summed E-state index contributed by atoms with van der Waals surface area (Å²) in [6, 6.07) is 39.6. The van der Waals surface area contributed by atoms with Crippen LogP contribution in [0.4, 0.5) is 17.1 Å². The van der Waals surface area contributed by atoms with E-state index in [1.807, 2.05) is 0 Å². The van der Waals surface area contributed by atoms with E-state index >= 15 is 0 Å². The number of unbranched alkanes of at least 4 members (excludes halogenated alkanes) is 20. The minimum Gasteiger partial charge on any atom is -0.310 e. The monoisotopic (exact) mass is 912 g/mol. The fraction of sp³-hybridized carbons (Fsp3) is 0.552. The van der Waals surface area contributed by atoms with Crippen molar-refractivity contribution in [1.29, 1.82) is 0 Å². The fourth-order valence-corrected chi connectivity index (χ4v) is 12.8. The summed E-state index contributed by atoms with van der Waals surface area (Å²) >= 11 is 0. The number of fused-ring (bicyclic) bond motifs is 6. The molecule has 0 bridgehead atoms. The van der Waals surface area contributed by atoms with Gasteiger partial charge in [0.15, 0.2) is 0 Å². The highest BCUT2D eigenvalue weighted by Gasteiger charge is 2.44. The first-order chi connectivity index (χ1) is 33.3. The van der Waals surface area contributed by atoms with Crippen molar-refractivity contribution in [1.82, 2.24) is 0 Å². The van der Waals surface area contributed by atoms with E-state index in [0.717, 1.165) is 0 Å². The predicted octanol–water partition coefficient (Wildman–Crippen LogP) is 21.6. The van der Waals surface area contributed by atoms with E-state index in [1.54, 1.807) is 22.3 Å². The quantitative estimate of drug-likeness (QED) is 0.0401. The number of hydrogen-bond donors (Lipinski definition) is 0. The summed E-state index contributed by atoms with van der Waals surface area (Å²) in [6.45, 7) is 16.2. The minimum atomic E-state index is 0.0298. The molecule has 1 heteroatoms. The van der Waals surface area contributed by atoms with Crippen molar-refractivity contribution in [2.24, 2.45) is 0 Å². The Morgan fingerprint density at radius 1 is 0.279 bits per heavy atom. The van der Waals surface area contributed by atoms with E-state index in [2.05, 4.69) is 150 Å². The lowest BCUT2D eigenvalue weighted by atomic mass is 9.70. The molecule has 0 unspecified atom stereocenters. The van der Waals surface area contributed by atoms with Crippen LogP contribution in [0.2, 0.25) is 0 Å². The summed E-state index contributed by atoms with van der Waals surface area (Å²) in [6.07, 6.45) is 37.0. The number of aryl methyl sites for hydroxylation is 3. The van der Waals surface area contributed by atoms with Gasteiger partial charge < -0.3 is 4.90 Å². The summed E-state index contributed by atoms with van der Waals surface area (Å²) in [5, 5.41) is 0. The van der Waals surface area contributed by atoms with Crippen LogP contribution in [0, 0.1) is 20.8 Å². The van der Waals surface area contributed by atoms with E-state index in [4.69, 9.17) is 0 Å². The van der Waals surface area contributed by atoms with Gasteiger partial charge in [0.1, 0.15) is 0 Å². The molecular weight excluding hydrogens is 819 g/mol. The zero-order valence-electron chi connectivity index (χ0n) is 44.5. The molecule has 0 aliphatic heterocycles. The number of anilines is 3. The maximum atomic E-state index is 2.68. The van der Waals surface area contributed by atoms with Crippen molar-refractivity contribution in [3.05, 3.63) is 136 Å². The fourth-order valence-electron chi connectivity index (χ4n) is 12.8. The second-order valence-corrected chi connectivity index (χ2v) is 22.0. The van der Waals surface area contributed by atoms with Gasteiger partial charge >= 0.3 is 0 Å². The van der Waals surface area contributed by atoms with Crippen molar-refractivity contribution < 1.29 is 0 Å². The zero-order valence-corrected chi connectivity index (χ0v) is 44.5. The normalized spacial score (nSPS) is 13.9. The maximum absolute atomic E-state index is 2.68. The molecule has 2 aliphatic rings. The van der Waals surface area contributed by atoms with E-state index in [-0.39, 0.29) is 10.8 Å². The molecule has 0 heterocycles. The van der Waals surface area contributed by atoms with Gasteiger partial charge in [-0.1, -0.05) is 259 Å². The Hall–Kier alpha value is -4.10. The molecule has 0 spiro atoms. The summed E-state index contributed by atoms with van der Waals surface area (Å²) < 4.78 is 0. The molecule has 0 amide bonds. The highest BCUT2D eigenvalue weighted by molar-refractivity contribution is 5.88. The third-order valence-electron chi connectivity index (χ3n) is 16.6. The second-order valence-electron chi connectivity index (χ2n) is 22.0. The molecule has 0 radical (unpaired) electrons. The van der Waals surface area contributed by atoms with Gasteiger partial charge in [0.05, 0.1) is 0 Å². The van der Waals surface area contributed by atoms with Crippen LogP contribution < -0.4 is 4.90 Å². The van der Waals surface area contributed by atoms with Crippen LogP contribution in [0.5, 0.6) is 0 Å². The number of rotatable bonds is 31. The predicted molar refractivity (Wildman–Crippen MR) is 300 cm³/mol. The standard InChI is InChI=1S/C67H93N/c1-8-12-16-20-24-28-44-66(45-29-25-21-17-13-9-2)62-48-53(6)34-40-58(62)60-42-38-56(50-64(60)66)68(55-36-32-52(5)33-37-55)57-39-43-61-59-41-35-54(7)49-63(59)67(65(61)51-57,46-30-26-22-18-14-10-3)47-31-27-23-19-15-11-4/h32-43,48-51H,8-31,44-47H2,1-7H3. The average Bonchev–Trinajstić information content (AvgIpc) is 3.76. The van der Waals surface area contributed by atoms with Gasteiger partial charge in [-0.05, 0) is 127 Å². The maximum Gasteiger partial charge on any atom is 0.0465 e. The van der Waals surface area contributed by atoms with E-state index in [9.17, 15) is 0 Å². The molecule has 0 saturated heterocycles. The molecule has 366 valence electrons. The van der Waals surface area contributed by atoms with Crippen molar-refractivity contribution in [2.75, 3.05) is 4.90 Å². The van der Waals surface area contributed by atoms with Crippen LogP contribution in [0.3, 0.4) is 0 Å². The smallest absolute Gasteiger partial charge is 0.0465 e. The highest BCUT2D eigenvalue weighted by Crippen LogP contribution is 2.58. The summed E-state index contributed by atoms with van der Waals surface area (Å²) in [4.78, 5) is 2.64. The Morgan fingerprint density at radius 3 is 0.882 bits per heavy atom. The number of benzene rings is 5. The largest absolute Gasteiger partial charge is 0.310 e. The van der Waals surface area contributed by atoms with Gasteiger partial charge in [0, 0.05) is 27.9 Å². The van der Waals surface area contributed by atoms with Crippen LogP contribution >= 0.6 is 0 Å². The van der Waals surface area contributed by atoms with Crippen LogP contribution in [-0.4, -0.2) is 0 Å². The Bertz CT molecular complexity index is 2130. The molecule has 0 saturated carbocycles. The number of hydrogen-bond acceptors (Lipinski definition) is 1. The topological polar surface area (TPSA) is 3.24 Å². The number of nitrogens with zero attached hydrogens (tertiary/aromatic N) is 1. The van der Waals surface area contributed by atoms with Gasteiger partial charge in [-0.2, -0.15) is 0 Å². The minimum absolute atomic E-state index is 0.0298. The van der Waals surface area contributed by atoms with E-state index in [1.165, 1.54) is 236 Å². The SMILES string of the molecule is CCCCCCCCC1(CCCCCCCC)c2cc(C)ccc2-c2ccc(N(c3ccc(C)cc3)c3ccc4c(c3)C(CCCCCCCC)(CCCCCCCC)c3cc(C)ccc3-4)cc21. The Labute approximate surface area is 417 Å². The average molecular weight is 912 g/mol. The van der Waals surface area contributed by atoms with Crippen LogP contribution in [0.15, 0.2) is 97.1 Å². The summed E-state index contributed by atoms with van der Waals surface area (Å²) in [7, 11) is 0. The Morgan fingerprint density at radius 2 is 0.544 bits per heavy atom. The third kappa shape index (κ3) is 12.1. The molecule has 0 fully saturated rings. The Balaban J connectivity index is 1.34. The molecular formula is C67H93N. The first-order valence-corrected chi connectivity index (χ1v) is 28.7. The van der Waals surface area contributed by atoms with Gasteiger partial charge in [0.25, 0.3) is 0 Å². The lowest BCUT2D eigenvalue weighted by Gasteiger charge is -2.35. The molecule has 5 aromatic rings. The van der Waals surface area contributed by atoms with Crippen LogP contribution in [0.25, 0.3) is 22.3 Å². The first kappa shape index (κ1) is 51.7. The molecule has 0 aromatic heterocycles. The van der Waals surface area contributed by atoms with E-state index < -0.39 is 0 Å². The van der Waals surface area contributed by atoms with Crippen LogP contribution in [-0.2, 0) is 10.8 Å². The molecule has 1 nitrogen and oxygen atoms in total. The van der Waals surface area contributed by atoms with Crippen LogP contribution in [0.1, 0.15) is 246 Å². The Kier molecular flexibility index (Phi) is 19.5. The molecule has 7 rings (SSSR count). The van der Waals surface area contributed by atoms with Crippen molar-refractivity contribution >= 4 is 17.1 Å². The highest BCUT2D eigenvalue weighted by atomic mass is 15.1.